The topological polar surface area (TPSA) is 57.6 Å². The van der Waals surface area contributed by atoms with Gasteiger partial charge in [0.1, 0.15) is 0 Å². The molecule has 0 radical (unpaired) electrons. The van der Waals surface area contributed by atoms with E-state index < -0.39 is 11.9 Å². The Morgan fingerprint density at radius 1 is 1.53 bits per heavy atom. The number of rotatable bonds is 2. The molecule has 1 fully saturated rings. The molecular formula is C12H12INO3. The number of carboxylic acid groups (broad SMARTS) is 1. The fourth-order valence-corrected chi connectivity index (χ4v) is 2.48. The number of amides is 1. The second-order valence-electron chi connectivity index (χ2n) is 4.13. The summed E-state index contributed by atoms with van der Waals surface area (Å²) in [6.07, 6.45) is 0.0975. The van der Waals surface area contributed by atoms with Crippen molar-refractivity contribution in [2.45, 2.75) is 13.3 Å². The Bertz CT molecular complexity index is 487. The van der Waals surface area contributed by atoms with Gasteiger partial charge in [-0.2, -0.15) is 0 Å². The molecule has 17 heavy (non-hydrogen) atoms. The van der Waals surface area contributed by atoms with Crippen LogP contribution in [-0.2, 0) is 9.59 Å². The van der Waals surface area contributed by atoms with E-state index in [1.54, 1.807) is 4.90 Å². The van der Waals surface area contributed by atoms with Gasteiger partial charge in [-0.05, 0) is 47.2 Å². The molecule has 2 rings (SSSR count). The molecule has 1 amide bonds. The van der Waals surface area contributed by atoms with Crippen molar-refractivity contribution in [2.75, 3.05) is 11.4 Å². The van der Waals surface area contributed by atoms with Crippen LogP contribution in [0.5, 0.6) is 0 Å². The summed E-state index contributed by atoms with van der Waals surface area (Å²) >= 11 is 2.21. The van der Waals surface area contributed by atoms with E-state index in [2.05, 4.69) is 22.6 Å². The molecule has 1 atom stereocenters. The number of carbonyl (C=O) groups is 2. The third kappa shape index (κ3) is 2.29. The standard InChI is InChI=1S/C12H12INO3/c1-7-9(13)3-2-4-10(7)14-6-8(12(16)17)5-11(14)15/h2-4,8H,5-6H2,1H3,(H,16,17). The minimum Gasteiger partial charge on any atom is -0.481 e. The predicted octanol–water partition coefficient (Wildman–Crippen LogP) is 2.04. The molecule has 0 aliphatic carbocycles. The number of carbonyl (C=O) groups excluding carboxylic acids is 1. The van der Waals surface area contributed by atoms with Crippen molar-refractivity contribution in [3.05, 3.63) is 27.3 Å². The zero-order valence-corrected chi connectivity index (χ0v) is 11.5. The first-order valence-corrected chi connectivity index (χ1v) is 6.37. The van der Waals surface area contributed by atoms with Gasteiger partial charge in [0.05, 0.1) is 5.92 Å². The van der Waals surface area contributed by atoms with Crippen LogP contribution in [0, 0.1) is 16.4 Å². The lowest BCUT2D eigenvalue weighted by molar-refractivity contribution is -0.141. The maximum absolute atomic E-state index is 11.8. The molecule has 90 valence electrons. The second-order valence-corrected chi connectivity index (χ2v) is 5.29. The lowest BCUT2D eigenvalue weighted by atomic mass is 10.1. The van der Waals surface area contributed by atoms with Crippen molar-refractivity contribution in [3.63, 3.8) is 0 Å². The van der Waals surface area contributed by atoms with E-state index in [4.69, 9.17) is 5.11 Å². The van der Waals surface area contributed by atoms with Crippen molar-refractivity contribution in [1.82, 2.24) is 0 Å². The summed E-state index contributed by atoms with van der Waals surface area (Å²) in [6, 6.07) is 5.71. The van der Waals surface area contributed by atoms with Crippen molar-refractivity contribution in [2.24, 2.45) is 5.92 Å². The van der Waals surface area contributed by atoms with Crippen LogP contribution < -0.4 is 4.90 Å². The van der Waals surface area contributed by atoms with Crippen LogP contribution in [0.15, 0.2) is 18.2 Å². The van der Waals surface area contributed by atoms with E-state index in [0.717, 1.165) is 14.8 Å². The maximum atomic E-state index is 11.8. The van der Waals surface area contributed by atoms with Crippen LogP contribution in [0.1, 0.15) is 12.0 Å². The quantitative estimate of drug-likeness (QED) is 0.835. The van der Waals surface area contributed by atoms with Crippen LogP contribution >= 0.6 is 22.6 Å². The number of halogens is 1. The van der Waals surface area contributed by atoms with Gasteiger partial charge in [0.15, 0.2) is 0 Å². The molecule has 0 aromatic heterocycles. The van der Waals surface area contributed by atoms with Gasteiger partial charge < -0.3 is 10.0 Å². The van der Waals surface area contributed by atoms with Gasteiger partial charge in [0, 0.05) is 22.2 Å². The monoisotopic (exact) mass is 345 g/mol. The molecular weight excluding hydrogens is 333 g/mol. The number of aliphatic carboxylic acids is 1. The minimum atomic E-state index is -0.899. The first kappa shape index (κ1) is 12.3. The molecule has 0 saturated carbocycles. The average Bonchev–Trinajstić information content (AvgIpc) is 2.65. The SMILES string of the molecule is Cc1c(I)cccc1N1CC(C(=O)O)CC1=O. The van der Waals surface area contributed by atoms with E-state index in [-0.39, 0.29) is 18.9 Å². The first-order valence-electron chi connectivity index (χ1n) is 5.29. The fourth-order valence-electron chi connectivity index (χ4n) is 1.99. The molecule has 1 N–H and O–H groups in total. The number of nitrogens with zero attached hydrogens (tertiary/aromatic N) is 1. The summed E-state index contributed by atoms with van der Waals surface area (Å²) < 4.78 is 1.08. The molecule has 1 unspecified atom stereocenters. The zero-order chi connectivity index (χ0) is 12.6. The molecule has 4 nitrogen and oxygen atoms in total. The second kappa shape index (κ2) is 4.64. The Labute approximate surface area is 113 Å². The van der Waals surface area contributed by atoms with Crippen LogP contribution in [0.3, 0.4) is 0 Å². The summed E-state index contributed by atoms with van der Waals surface area (Å²) in [5, 5.41) is 8.94. The number of benzene rings is 1. The van der Waals surface area contributed by atoms with Crippen LogP contribution in [0.2, 0.25) is 0 Å². The molecule has 0 spiro atoms. The van der Waals surface area contributed by atoms with Crippen molar-refractivity contribution >= 4 is 40.2 Å². The van der Waals surface area contributed by atoms with Gasteiger partial charge in [0.25, 0.3) is 0 Å². The highest BCUT2D eigenvalue weighted by molar-refractivity contribution is 14.1. The Balaban J connectivity index is 2.32. The summed E-state index contributed by atoms with van der Waals surface area (Å²) in [7, 11) is 0. The highest BCUT2D eigenvalue weighted by atomic mass is 127. The van der Waals surface area contributed by atoms with Crippen molar-refractivity contribution in [3.8, 4) is 0 Å². The van der Waals surface area contributed by atoms with E-state index in [9.17, 15) is 9.59 Å². The predicted molar refractivity (Wildman–Crippen MR) is 72.0 cm³/mol. The maximum Gasteiger partial charge on any atom is 0.308 e. The van der Waals surface area contributed by atoms with Crippen molar-refractivity contribution < 1.29 is 14.7 Å². The molecule has 5 heteroatoms. The number of anilines is 1. The molecule has 1 aliphatic heterocycles. The van der Waals surface area contributed by atoms with Crippen molar-refractivity contribution in [1.29, 1.82) is 0 Å². The first-order chi connectivity index (χ1) is 8.00. The van der Waals surface area contributed by atoms with Crippen LogP contribution in [0.4, 0.5) is 5.69 Å². The molecule has 1 aromatic carbocycles. The summed E-state index contributed by atoms with van der Waals surface area (Å²) in [6.45, 7) is 2.22. The number of hydrogen-bond acceptors (Lipinski definition) is 2. The molecule has 0 bridgehead atoms. The van der Waals surface area contributed by atoms with E-state index >= 15 is 0 Å². The minimum absolute atomic E-state index is 0.0975. The van der Waals surface area contributed by atoms with Crippen LogP contribution in [-0.4, -0.2) is 23.5 Å². The summed E-state index contributed by atoms with van der Waals surface area (Å²) in [4.78, 5) is 24.3. The number of carboxylic acids is 1. The Morgan fingerprint density at radius 2 is 2.24 bits per heavy atom. The Kier molecular flexibility index (Phi) is 3.37. The molecule has 1 saturated heterocycles. The van der Waals surface area contributed by atoms with Gasteiger partial charge in [-0.3, -0.25) is 9.59 Å². The zero-order valence-electron chi connectivity index (χ0n) is 9.31. The van der Waals surface area contributed by atoms with E-state index in [1.165, 1.54) is 0 Å². The van der Waals surface area contributed by atoms with E-state index in [0.29, 0.717) is 0 Å². The van der Waals surface area contributed by atoms with Gasteiger partial charge >= 0.3 is 5.97 Å². The third-order valence-electron chi connectivity index (χ3n) is 3.00. The van der Waals surface area contributed by atoms with E-state index in [1.807, 2.05) is 25.1 Å². The fraction of sp³-hybridized carbons (Fsp3) is 0.333. The summed E-state index contributed by atoms with van der Waals surface area (Å²) in [5.41, 5.74) is 1.85. The highest BCUT2D eigenvalue weighted by Gasteiger charge is 2.35. The van der Waals surface area contributed by atoms with Gasteiger partial charge in [0.2, 0.25) is 5.91 Å². The Morgan fingerprint density at radius 3 is 2.82 bits per heavy atom. The lowest BCUT2D eigenvalue weighted by Gasteiger charge is -2.19. The van der Waals surface area contributed by atoms with Gasteiger partial charge in [-0.1, -0.05) is 6.07 Å². The molecule has 1 aliphatic rings. The normalized spacial score (nSPS) is 19.8. The average molecular weight is 345 g/mol. The highest BCUT2D eigenvalue weighted by Crippen LogP contribution is 2.30. The van der Waals surface area contributed by atoms with Gasteiger partial charge in [-0.15, -0.1) is 0 Å². The largest absolute Gasteiger partial charge is 0.481 e. The van der Waals surface area contributed by atoms with Gasteiger partial charge in [-0.25, -0.2) is 0 Å². The summed E-state index contributed by atoms with van der Waals surface area (Å²) in [5.74, 6) is -1.59. The Hall–Kier alpha value is -1.11. The molecule has 1 aromatic rings. The van der Waals surface area contributed by atoms with Crippen LogP contribution in [0.25, 0.3) is 0 Å². The smallest absolute Gasteiger partial charge is 0.308 e. The third-order valence-corrected chi connectivity index (χ3v) is 4.17. The number of hydrogen-bond donors (Lipinski definition) is 1. The lowest BCUT2D eigenvalue weighted by Crippen LogP contribution is -2.26. The molecule has 1 heterocycles.